The molecular formula is C17H17NO2. The minimum atomic E-state index is -0.516. The predicted molar refractivity (Wildman–Crippen MR) is 78.2 cm³/mol. The number of carbonyl (C=O) groups is 1. The third-order valence-corrected chi connectivity index (χ3v) is 4.13. The molecule has 3 nitrogen and oxygen atoms in total. The van der Waals surface area contributed by atoms with E-state index < -0.39 is 5.41 Å². The summed E-state index contributed by atoms with van der Waals surface area (Å²) in [5.41, 5.74) is 0.812. The van der Waals surface area contributed by atoms with Gasteiger partial charge in [0.15, 0.2) is 5.78 Å². The summed E-state index contributed by atoms with van der Waals surface area (Å²) in [7, 11) is 0. The molecule has 3 heteroatoms. The van der Waals surface area contributed by atoms with Gasteiger partial charge in [0.1, 0.15) is 5.75 Å². The van der Waals surface area contributed by atoms with Crippen molar-refractivity contribution in [3.05, 3.63) is 66.0 Å². The number of hydrogen-bond acceptors (Lipinski definition) is 3. The first-order valence-corrected chi connectivity index (χ1v) is 6.87. The van der Waals surface area contributed by atoms with Gasteiger partial charge in [-0.15, -0.1) is 0 Å². The fourth-order valence-corrected chi connectivity index (χ4v) is 2.83. The first-order valence-electron chi connectivity index (χ1n) is 6.87. The molecule has 0 amide bonds. The van der Waals surface area contributed by atoms with E-state index in [1.54, 1.807) is 24.3 Å². The molecule has 0 atom stereocenters. The van der Waals surface area contributed by atoms with E-state index in [-0.39, 0.29) is 11.5 Å². The Labute approximate surface area is 118 Å². The average molecular weight is 267 g/mol. The number of benzene rings is 1. The fraction of sp³-hybridized carbons (Fsp3) is 0.235. The number of carbonyl (C=O) groups excluding carboxylic acids is 1. The van der Waals surface area contributed by atoms with Crippen LogP contribution in [0.25, 0.3) is 0 Å². The van der Waals surface area contributed by atoms with Crippen molar-refractivity contribution in [1.82, 2.24) is 5.32 Å². The third-order valence-electron chi connectivity index (χ3n) is 4.13. The Hall–Kier alpha value is -2.29. The SMILES string of the molecule is O=C(c1ccccc1O)C1(C2=CC=CC=CN2)CCC1. The van der Waals surface area contributed by atoms with Crippen molar-refractivity contribution in [2.24, 2.45) is 5.41 Å². The third kappa shape index (κ3) is 1.95. The van der Waals surface area contributed by atoms with E-state index in [2.05, 4.69) is 5.32 Å². The van der Waals surface area contributed by atoms with Crippen LogP contribution in [0, 0.1) is 5.41 Å². The van der Waals surface area contributed by atoms with Crippen LogP contribution in [0.5, 0.6) is 5.75 Å². The Bertz CT molecular complexity index is 622. The lowest BCUT2D eigenvalue weighted by Gasteiger charge is -2.42. The Balaban J connectivity index is 1.99. The minimum Gasteiger partial charge on any atom is -0.507 e. The molecule has 0 radical (unpaired) electrons. The van der Waals surface area contributed by atoms with Crippen molar-refractivity contribution in [2.45, 2.75) is 19.3 Å². The molecule has 1 aromatic rings. The topological polar surface area (TPSA) is 49.3 Å². The van der Waals surface area contributed by atoms with Crippen LogP contribution in [-0.4, -0.2) is 10.9 Å². The number of Topliss-reactive ketones (excluding diaryl/α,β-unsaturated/α-hetero) is 1. The van der Waals surface area contributed by atoms with Gasteiger partial charge in [-0.2, -0.15) is 0 Å². The van der Waals surface area contributed by atoms with Gasteiger partial charge >= 0.3 is 0 Å². The summed E-state index contributed by atoms with van der Waals surface area (Å²) in [6.45, 7) is 0. The van der Waals surface area contributed by atoms with E-state index in [4.69, 9.17) is 0 Å². The molecule has 0 saturated heterocycles. The second kappa shape index (κ2) is 5.00. The normalized spacial score (nSPS) is 19.5. The van der Waals surface area contributed by atoms with E-state index in [1.807, 2.05) is 30.5 Å². The number of phenols is 1. The maximum Gasteiger partial charge on any atom is 0.178 e. The first-order chi connectivity index (χ1) is 9.74. The van der Waals surface area contributed by atoms with Gasteiger partial charge in [-0.05, 0) is 37.1 Å². The van der Waals surface area contributed by atoms with Crippen molar-refractivity contribution in [2.75, 3.05) is 0 Å². The number of rotatable bonds is 3. The minimum absolute atomic E-state index is 0.00398. The van der Waals surface area contributed by atoms with Gasteiger partial charge in [0.2, 0.25) is 0 Å². The molecule has 1 heterocycles. The molecule has 0 aromatic heterocycles. The standard InChI is InChI=1S/C17H17NO2/c19-14-8-4-3-7-13(14)16(20)17(10-6-11-17)15-9-2-1-5-12-18-15/h1-5,7-9,12,18-19H,6,10-11H2. The summed E-state index contributed by atoms with van der Waals surface area (Å²) in [4.78, 5) is 12.9. The molecule has 20 heavy (non-hydrogen) atoms. The highest BCUT2D eigenvalue weighted by Gasteiger charge is 2.47. The van der Waals surface area contributed by atoms with Gasteiger partial charge in [0.25, 0.3) is 0 Å². The lowest BCUT2D eigenvalue weighted by atomic mass is 9.62. The molecule has 2 N–H and O–H groups in total. The van der Waals surface area contributed by atoms with Crippen LogP contribution >= 0.6 is 0 Å². The summed E-state index contributed by atoms with van der Waals surface area (Å²) < 4.78 is 0. The second-order valence-corrected chi connectivity index (χ2v) is 5.25. The Morgan fingerprint density at radius 2 is 1.95 bits per heavy atom. The van der Waals surface area contributed by atoms with Gasteiger partial charge < -0.3 is 10.4 Å². The summed E-state index contributed by atoms with van der Waals surface area (Å²) >= 11 is 0. The molecule has 1 saturated carbocycles. The van der Waals surface area contributed by atoms with E-state index in [0.29, 0.717) is 5.56 Å². The number of para-hydroxylation sites is 1. The summed E-state index contributed by atoms with van der Waals surface area (Å²) in [5.74, 6) is 0.0633. The van der Waals surface area contributed by atoms with Crippen molar-refractivity contribution >= 4 is 5.78 Å². The highest BCUT2D eigenvalue weighted by molar-refractivity contribution is 6.05. The Morgan fingerprint density at radius 3 is 2.65 bits per heavy atom. The van der Waals surface area contributed by atoms with Crippen LogP contribution in [0.1, 0.15) is 29.6 Å². The van der Waals surface area contributed by atoms with Crippen molar-refractivity contribution in [3.63, 3.8) is 0 Å². The van der Waals surface area contributed by atoms with Gasteiger partial charge in [-0.3, -0.25) is 4.79 Å². The quantitative estimate of drug-likeness (QED) is 0.826. The molecule has 2 aliphatic rings. The average Bonchev–Trinajstić information content (AvgIpc) is 2.67. The van der Waals surface area contributed by atoms with E-state index in [9.17, 15) is 9.90 Å². The molecule has 1 fully saturated rings. The number of hydrogen-bond donors (Lipinski definition) is 2. The Morgan fingerprint density at radius 1 is 1.15 bits per heavy atom. The number of aromatic hydroxyl groups is 1. The maximum absolute atomic E-state index is 12.9. The van der Waals surface area contributed by atoms with Crippen LogP contribution in [0.2, 0.25) is 0 Å². The zero-order chi connectivity index (χ0) is 14.0. The predicted octanol–water partition coefficient (Wildman–Crippen LogP) is 3.30. The van der Waals surface area contributed by atoms with Crippen LogP contribution < -0.4 is 5.32 Å². The molecule has 0 bridgehead atoms. The number of nitrogens with one attached hydrogen (secondary N) is 1. The summed E-state index contributed by atoms with van der Waals surface area (Å²) in [6.07, 6.45) is 12.2. The van der Waals surface area contributed by atoms with Crippen molar-refractivity contribution in [1.29, 1.82) is 0 Å². The van der Waals surface area contributed by atoms with Crippen LogP contribution in [0.3, 0.4) is 0 Å². The maximum atomic E-state index is 12.9. The zero-order valence-electron chi connectivity index (χ0n) is 11.2. The first kappa shape index (κ1) is 12.7. The van der Waals surface area contributed by atoms with Gasteiger partial charge in [0, 0.05) is 11.9 Å². The largest absolute Gasteiger partial charge is 0.507 e. The van der Waals surface area contributed by atoms with E-state index in [0.717, 1.165) is 25.0 Å². The zero-order valence-corrected chi connectivity index (χ0v) is 11.2. The lowest BCUT2D eigenvalue weighted by molar-refractivity contribution is 0.0693. The summed E-state index contributed by atoms with van der Waals surface area (Å²) in [5, 5.41) is 13.1. The number of ketones is 1. The van der Waals surface area contributed by atoms with Crippen molar-refractivity contribution < 1.29 is 9.90 Å². The Kier molecular flexibility index (Phi) is 3.18. The van der Waals surface area contributed by atoms with Crippen LogP contribution in [0.15, 0.2) is 60.5 Å². The van der Waals surface area contributed by atoms with Crippen molar-refractivity contribution in [3.8, 4) is 5.75 Å². The van der Waals surface area contributed by atoms with Gasteiger partial charge in [-0.1, -0.05) is 30.7 Å². The second-order valence-electron chi connectivity index (χ2n) is 5.25. The highest BCUT2D eigenvalue weighted by atomic mass is 16.3. The highest BCUT2D eigenvalue weighted by Crippen LogP contribution is 2.49. The smallest absolute Gasteiger partial charge is 0.178 e. The van der Waals surface area contributed by atoms with Crippen LogP contribution in [0.4, 0.5) is 0 Å². The molecule has 3 rings (SSSR count). The summed E-state index contributed by atoms with van der Waals surface area (Å²) in [6, 6.07) is 6.78. The number of allylic oxidation sites excluding steroid dienone is 5. The van der Waals surface area contributed by atoms with E-state index >= 15 is 0 Å². The van der Waals surface area contributed by atoms with Gasteiger partial charge in [-0.25, -0.2) is 0 Å². The fourth-order valence-electron chi connectivity index (χ4n) is 2.83. The number of phenolic OH excluding ortho intramolecular Hbond substituents is 1. The monoisotopic (exact) mass is 267 g/mol. The molecule has 0 unspecified atom stereocenters. The van der Waals surface area contributed by atoms with Gasteiger partial charge in [0.05, 0.1) is 11.0 Å². The van der Waals surface area contributed by atoms with E-state index in [1.165, 1.54) is 0 Å². The molecule has 1 aromatic carbocycles. The molecule has 0 spiro atoms. The molecular weight excluding hydrogens is 250 g/mol. The van der Waals surface area contributed by atoms with Crippen LogP contribution in [-0.2, 0) is 0 Å². The molecule has 1 aliphatic carbocycles. The molecule has 102 valence electrons. The molecule has 1 aliphatic heterocycles. The lowest BCUT2D eigenvalue weighted by Crippen LogP contribution is -2.43.